The fraction of sp³-hybridized carbons (Fsp3) is 0.375. The molecule has 1 saturated heterocycles. The Kier molecular flexibility index (Phi) is 3.08. The number of esters is 1. The molecule has 0 radical (unpaired) electrons. The smallest absolute Gasteiger partial charge is 0.314 e. The summed E-state index contributed by atoms with van der Waals surface area (Å²) in [6.07, 6.45) is 2.17. The van der Waals surface area contributed by atoms with Gasteiger partial charge in [0, 0.05) is 5.92 Å². The molecule has 1 fully saturated rings. The Bertz CT molecular complexity index is 585. The van der Waals surface area contributed by atoms with Gasteiger partial charge in [0.1, 0.15) is 17.6 Å². The van der Waals surface area contributed by atoms with Crippen LogP contribution < -0.4 is 4.74 Å². The van der Waals surface area contributed by atoms with Crippen molar-refractivity contribution in [3.05, 3.63) is 35.9 Å². The molecule has 1 aliphatic carbocycles. The number of carbonyl (C=O) groups is 2. The van der Waals surface area contributed by atoms with E-state index in [4.69, 9.17) is 9.47 Å². The van der Waals surface area contributed by atoms with Gasteiger partial charge in [0.25, 0.3) is 0 Å². The van der Waals surface area contributed by atoms with Crippen molar-refractivity contribution in [2.75, 3.05) is 7.11 Å². The summed E-state index contributed by atoms with van der Waals surface area (Å²) in [5, 5.41) is 0. The lowest BCUT2D eigenvalue weighted by atomic mass is 9.73. The van der Waals surface area contributed by atoms with Gasteiger partial charge in [0.15, 0.2) is 0 Å². The third-order valence-electron chi connectivity index (χ3n) is 4.08. The molecule has 4 heteroatoms. The number of benzene rings is 1. The molecule has 1 aromatic carbocycles. The second-order valence-corrected chi connectivity index (χ2v) is 5.25. The molecule has 0 saturated carbocycles. The highest BCUT2D eigenvalue weighted by atomic mass is 16.5. The first-order valence-corrected chi connectivity index (χ1v) is 6.67. The first-order valence-electron chi connectivity index (χ1n) is 6.67. The Balaban J connectivity index is 1.95. The van der Waals surface area contributed by atoms with Crippen molar-refractivity contribution in [1.82, 2.24) is 0 Å². The van der Waals surface area contributed by atoms with E-state index < -0.39 is 5.92 Å². The number of methoxy groups -OCH3 is 1. The van der Waals surface area contributed by atoms with Crippen LogP contribution in [0.3, 0.4) is 0 Å². The van der Waals surface area contributed by atoms with E-state index in [1.807, 2.05) is 30.3 Å². The maximum absolute atomic E-state index is 11.8. The average molecular weight is 272 g/mol. The van der Waals surface area contributed by atoms with Gasteiger partial charge in [-0.25, -0.2) is 0 Å². The Hall–Kier alpha value is -2.10. The summed E-state index contributed by atoms with van der Waals surface area (Å²) >= 11 is 0. The topological polar surface area (TPSA) is 52.6 Å². The molecule has 2 bridgehead atoms. The van der Waals surface area contributed by atoms with Gasteiger partial charge in [-0.1, -0.05) is 18.2 Å². The van der Waals surface area contributed by atoms with Crippen molar-refractivity contribution in [3.63, 3.8) is 0 Å². The van der Waals surface area contributed by atoms with Crippen LogP contribution in [0.4, 0.5) is 0 Å². The Morgan fingerprint density at radius 1 is 1.30 bits per heavy atom. The predicted molar refractivity (Wildman–Crippen MR) is 73.1 cm³/mol. The predicted octanol–water partition coefficient (Wildman–Crippen LogP) is 2.23. The van der Waals surface area contributed by atoms with Gasteiger partial charge < -0.3 is 9.47 Å². The molecule has 4 rings (SSSR count). The van der Waals surface area contributed by atoms with Gasteiger partial charge in [0.2, 0.25) is 0 Å². The van der Waals surface area contributed by atoms with E-state index in [1.165, 1.54) is 0 Å². The number of hydrogen-bond acceptors (Lipinski definition) is 4. The summed E-state index contributed by atoms with van der Waals surface area (Å²) in [4.78, 5) is 23.4. The van der Waals surface area contributed by atoms with Gasteiger partial charge in [0.05, 0.1) is 13.0 Å². The third-order valence-corrected chi connectivity index (χ3v) is 4.08. The highest BCUT2D eigenvalue weighted by Gasteiger charge is 2.45. The SMILES string of the molecule is COc1ccc(C2=C[C@@H]3C(=O)O[C@H]2C[C@@H]3C(C)=O)cc1. The second kappa shape index (κ2) is 4.78. The largest absolute Gasteiger partial charge is 0.497 e. The van der Waals surface area contributed by atoms with Crippen LogP contribution in [-0.2, 0) is 14.3 Å². The van der Waals surface area contributed by atoms with Gasteiger partial charge in [-0.2, -0.15) is 0 Å². The number of ether oxygens (including phenoxy) is 2. The molecular formula is C16H16O4. The van der Waals surface area contributed by atoms with Crippen LogP contribution in [0.2, 0.25) is 0 Å². The fourth-order valence-electron chi connectivity index (χ4n) is 2.97. The van der Waals surface area contributed by atoms with Crippen LogP contribution in [0, 0.1) is 11.8 Å². The van der Waals surface area contributed by atoms with Crippen LogP contribution in [0.25, 0.3) is 5.57 Å². The summed E-state index contributed by atoms with van der Waals surface area (Å²) < 4.78 is 10.5. The molecule has 104 valence electrons. The molecule has 20 heavy (non-hydrogen) atoms. The third kappa shape index (κ3) is 2.01. The van der Waals surface area contributed by atoms with Crippen LogP contribution >= 0.6 is 0 Å². The van der Waals surface area contributed by atoms with Crippen molar-refractivity contribution in [3.8, 4) is 5.75 Å². The highest BCUT2D eigenvalue weighted by Crippen LogP contribution is 2.42. The summed E-state index contributed by atoms with van der Waals surface area (Å²) in [5.41, 5.74) is 2.00. The lowest BCUT2D eigenvalue weighted by molar-refractivity contribution is -0.162. The van der Waals surface area contributed by atoms with Gasteiger partial charge >= 0.3 is 5.97 Å². The molecule has 0 unspecified atom stereocenters. The first-order chi connectivity index (χ1) is 9.60. The zero-order valence-corrected chi connectivity index (χ0v) is 11.5. The van der Waals surface area contributed by atoms with E-state index in [0.717, 1.165) is 16.9 Å². The van der Waals surface area contributed by atoms with Crippen LogP contribution in [0.5, 0.6) is 5.75 Å². The van der Waals surface area contributed by atoms with E-state index in [9.17, 15) is 9.59 Å². The summed E-state index contributed by atoms with van der Waals surface area (Å²) in [5.74, 6) is -0.104. The number of rotatable bonds is 3. The lowest BCUT2D eigenvalue weighted by Crippen LogP contribution is -2.44. The van der Waals surface area contributed by atoms with Gasteiger partial charge in [-0.05, 0) is 36.6 Å². The zero-order valence-electron chi connectivity index (χ0n) is 11.5. The van der Waals surface area contributed by atoms with E-state index >= 15 is 0 Å². The van der Waals surface area contributed by atoms with E-state index in [2.05, 4.69) is 0 Å². The van der Waals surface area contributed by atoms with Gasteiger partial charge in [-0.15, -0.1) is 0 Å². The number of hydrogen-bond donors (Lipinski definition) is 0. The zero-order chi connectivity index (χ0) is 14.3. The maximum Gasteiger partial charge on any atom is 0.314 e. The average Bonchev–Trinajstić information content (AvgIpc) is 2.47. The maximum atomic E-state index is 11.8. The molecule has 3 atom stereocenters. The van der Waals surface area contributed by atoms with Crippen LogP contribution in [0.15, 0.2) is 30.3 Å². The van der Waals surface area contributed by atoms with E-state index in [0.29, 0.717) is 6.42 Å². The normalized spacial score (nSPS) is 27.8. The molecule has 4 nitrogen and oxygen atoms in total. The first kappa shape index (κ1) is 12.9. The molecule has 3 aliphatic rings. The second-order valence-electron chi connectivity index (χ2n) is 5.25. The fourth-order valence-corrected chi connectivity index (χ4v) is 2.97. The number of Topliss-reactive ketones (excluding diaryl/α,β-unsaturated/α-hetero) is 1. The lowest BCUT2D eigenvalue weighted by Gasteiger charge is -2.39. The number of fused-ring (bicyclic) bond motifs is 2. The molecule has 0 spiro atoms. The van der Waals surface area contributed by atoms with Crippen molar-refractivity contribution in [2.24, 2.45) is 11.8 Å². The van der Waals surface area contributed by atoms with Crippen molar-refractivity contribution < 1.29 is 19.1 Å². The molecule has 0 aromatic heterocycles. The summed E-state index contributed by atoms with van der Waals surface area (Å²) in [6.45, 7) is 1.54. The minimum absolute atomic E-state index is 0.0571. The quantitative estimate of drug-likeness (QED) is 0.792. The Morgan fingerprint density at radius 2 is 2.00 bits per heavy atom. The minimum atomic E-state index is -0.436. The molecule has 0 N–H and O–H groups in total. The Morgan fingerprint density at radius 3 is 2.55 bits per heavy atom. The van der Waals surface area contributed by atoms with Crippen molar-refractivity contribution in [2.45, 2.75) is 19.4 Å². The van der Waals surface area contributed by atoms with Crippen LogP contribution in [0.1, 0.15) is 18.9 Å². The van der Waals surface area contributed by atoms with E-state index in [1.54, 1.807) is 14.0 Å². The van der Waals surface area contributed by atoms with Crippen molar-refractivity contribution >= 4 is 17.3 Å². The van der Waals surface area contributed by atoms with Crippen molar-refractivity contribution in [1.29, 1.82) is 0 Å². The monoisotopic (exact) mass is 272 g/mol. The summed E-state index contributed by atoms with van der Waals surface area (Å²) in [7, 11) is 1.62. The van der Waals surface area contributed by atoms with Crippen LogP contribution in [-0.4, -0.2) is 25.0 Å². The van der Waals surface area contributed by atoms with E-state index in [-0.39, 0.29) is 23.8 Å². The van der Waals surface area contributed by atoms with Gasteiger partial charge in [-0.3, -0.25) is 9.59 Å². The standard InChI is InChI=1S/C16H16O4/c1-9(17)12-8-15-13(7-14(12)16(18)20-15)10-3-5-11(19-2)6-4-10/h3-7,12,14-15H,8H2,1-2H3/t12-,14+,15+/m1/s1. The molecule has 0 amide bonds. The minimum Gasteiger partial charge on any atom is -0.497 e. The summed E-state index contributed by atoms with van der Waals surface area (Å²) in [6, 6.07) is 7.65. The molecule has 2 aliphatic heterocycles. The number of carbonyl (C=O) groups excluding carboxylic acids is 2. The molecule has 2 heterocycles. The molecular weight excluding hydrogens is 256 g/mol. The Labute approximate surface area is 117 Å². The highest BCUT2D eigenvalue weighted by molar-refractivity contribution is 5.93. The molecule has 1 aromatic rings. The number of ketones is 1.